The molecule has 0 saturated carbocycles. The van der Waals surface area contributed by atoms with Crippen molar-refractivity contribution in [3.8, 4) is 0 Å². The molecule has 148 valence electrons. The van der Waals surface area contributed by atoms with Gasteiger partial charge in [-0.15, -0.1) is 0 Å². The number of nitrogens with zero attached hydrogens (tertiary/aromatic N) is 1. The van der Waals surface area contributed by atoms with Gasteiger partial charge in [0.2, 0.25) is 5.91 Å². The van der Waals surface area contributed by atoms with Crippen LogP contribution in [0.5, 0.6) is 0 Å². The number of carbonyl (C=O) groups excluding carboxylic acids is 2. The number of nitrogens with one attached hydrogen (secondary N) is 1. The summed E-state index contributed by atoms with van der Waals surface area (Å²) in [6, 6.07) is 6.35. The van der Waals surface area contributed by atoms with Crippen LogP contribution in [0.4, 0.5) is 4.79 Å². The first-order chi connectivity index (χ1) is 12.6. The lowest BCUT2D eigenvalue weighted by Gasteiger charge is -2.30. The minimum atomic E-state index is -1.54. The predicted molar refractivity (Wildman–Crippen MR) is 94.8 cm³/mol. The van der Waals surface area contributed by atoms with Gasteiger partial charge in [-0.1, -0.05) is 44.2 Å². The number of alkyl carbamates (subject to hydrolysis) is 1. The lowest BCUT2D eigenvalue weighted by molar-refractivity contribution is -0.154. The van der Waals surface area contributed by atoms with Crippen molar-refractivity contribution in [1.29, 1.82) is 0 Å². The Hall–Kier alpha value is -3.10. The average Bonchev–Trinajstić information content (AvgIpc) is 2.61. The maximum atomic E-state index is 12.6. The van der Waals surface area contributed by atoms with Crippen molar-refractivity contribution >= 4 is 23.9 Å². The van der Waals surface area contributed by atoms with Gasteiger partial charge in [0.15, 0.2) is 0 Å². The molecule has 2 amide bonds. The Bertz CT molecular complexity index is 676. The zero-order chi connectivity index (χ0) is 20.6. The van der Waals surface area contributed by atoms with Crippen molar-refractivity contribution < 1.29 is 34.1 Å². The lowest BCUT2D eigenvalue weighted by Crippen LogP contribution is -2.54. The molecule has 2 atom stereocenters. The van der Waals surface area contributed by atoms with Crippen LogP contribution >= 0.6 is 0 Å². The zero-order valence-electron chi connectivity index (χ0n) is 15.4. The molecule has 27 heavy (non-hydrogen) atoms. The van der Waals surface area contributed by atoms with Gasteiger partial charge in [-0.2, -0.15) is 0 Å². The van der Waals surface area contributed by atoms with Crippen LogP contribution in [0.3, 0.4) is 0 Å². The van der Waals surface area contributed by atoms with Crippen molar-refractivity contribution in [2.75, 3.05) is 7.05 Å². The third kappa shape index (κ3) is 6.96. The highest BCUT2D eigenvalue weighted by Crippen LogP contribution is 2.11. The maximum absolute atomic E-state index is 12.6. The van der Waals surface area contributed by atoms with Gasteiger partial charge in [0.1, 0.15) is 18.7 Å². The minimum Gasteiger partial charge on any atom is -0.481 e. The predicted octanol–water partition coefficient (Wildman–Crippen LogP) is 1.32. The van der Waals surface area contributed by atoms with Crippen molar-refractivity contribution in [2.24, 2.45) is 5.92 Å². The molecule has 0 saturated heterocycles. The van der Waals surface area contributed by atoms with Gasteiger partial charge in [0.05, 0.1) is 6.42 Å². The third-order valence-electron chi connectivity index (χ3n) is 3.89. The van der Waals surface area contributed by atoms with E-state index < -0.39 is 42.4 Å². The highest BCUT2D eigenvalue weighted by Gasteiger charge is 2.35. The molecule has 1 aromatic carbocycles. The molecular weight excluding hydrogens is 356 g/mol. The Balaban J connectivity index is 2.77. The van der Waals surface area contributed by atoms with Crippen molar-refractivity contribution in [1.82, 2.24) is 10.2 Å². The molecule has 3 N–H and O–H groups in total. The van der Waals surface area contributed by atoms with E-state index in [9.17, 15) is 24.3 Å². The van der Waals surface area contributed by atoms with Crippen LogP contribution in [0.1, 0.15) is 25.8 Å². The number of hydrogen-bond donors (Lipinski definition) is 3. The number of amides is 2. The number of aliphatic carboxylic acids is 2. The zero-order valence-corrected chi connectivity index (χ0v) is 15.4. The summed E-state index contributed by atoms with van der Waals surface area (Å²) in [7, 11) is 1.19. The fraction of sp³-hybridized carbons (Fsp3) is 0.444. The summed E-state index contributed by atoms with van der Waals surface area (Å²) in [5.41, 5.74) is 0.768. The molecule has 0 unspecified atom stereocenters. The van der Waals surface area contributed by atoms with Crippen LogP contribution in [-0.4, -0.2) is 58.2 Å². The first kappa shape index (κ1) is 21.9. The Morgan fingerprint density at radius 2 is 1.70 bits per heavy atom. The van der Waals surface area contributed by atoms with E-state index in [1.165, 1.54) is 7.05 Å². The SMILES string of the molecule is CC(C)[C@H](NC(=O)OCc1ccccc1)C(=O)N(C)[C@@H](CC(=O)O)C(=O)O. The van der Waals surface area contributed by atoms with E-state index in [2.05, 4.69) is 5.32 Å². The van der Waals surface area contributed by atoms with Gasteiger partial charge in [0, 0.05) is 7.05 Å². The number of carboxylic acid groups (broad SMARTS) is 2. The van der Waals surface area contributed by atoms with E-state index in [0.717, 1.165) is 10.5 Å². The molecule has 0 spiro atoms. The van der Waals surface area contributed by atoms with E-state index in [4.69, 9.17) is 9.84 Å². The molecule has 0 aliphatic heterocycles. The van der Waals surface area contributed by atoms with Crippen LogP contribution in [0.2, 0.25) is 0 Å². The molecule has 0 aliphatic rings. The maximum Gasteiger partial charge on any atom is 0.408 e. The molecular formula is C18H24N2O7. The molecule has 1 rings (SSSR count). The Labute approximate surface area is 156 Å². The molecule has 0 fully saturated rings. The number of ether oxygens (including phenoxy) is 1. The third-order valence-corrected chi connectivity index (χ3v) is 3.89. The summed E-state index contributed by atoms with van der Waals surface area (Å²) in [6.07, 6.45) is -1.58. The average molecular weight is 380 g/mol. The van der Waals surface area contributed by atoms with Crippen LogP contribution in [-0.2, 0) is 25.7 Å². The molecule has 0 bridgehead atoms. The second-order valence-electron chi connectivity index (χ2n) is 6.33. The van der Waals surface area contributed by atoms with Gasteiger partial charge in [0.25, 0.3) is 0 Å². The Morgan fingerprint density at radius 1 is 1.11 bits per heavy atom. The number of benzene rings is 1. The highest BCUT2D eigenvalue weighted by atomic mass is 16.5. The number of rotatable bonds is 9. The Morgan fingerprint density at radius 3 is 2.19 bits per heavy atom. The second kappa shape index (κ2) is 10.1. The normalized spacial score (nSPS) is 12.7. The minimum absolute atomic E-state index is 0.0122. The summed E-state index contributed by atoms with van der Waals surface area (Å²) >= 11 is 0. The summed E-state index contributed by atoms with van der Waals surface area (Å²) in [6.45, 7) is 3.35. The lowest BCUT2D eigenvalue weighted by atomic mass is 10.0. The summed E-state index contributed by atoms with van der Waals surface area (Å²) < 4.78 is 5.08. The quantitative estimate of drug-likeness (QED) is 0.588. The van der Waals surface area contributed by atoms with Crippen molar-refractivity contribution in [2.45, 2.75) is 39.0 Å². The van der Waals surface area contributed by atoms with E-state index in [1.54, 1.807) is 38.1 Å². The molecule has 9 nitrogen and oxygen atoms in total. The van der Waals surface area contributed by atoms with Crippen LogP contribution < -0.4 is 5.32 Å². The van der Waals surface area contributed by atoms with E-state index in [0.29, 0.717) is 0 Å². The van der Waals surface area contributed by atoms with E-state index in [-0.39, 0.29) is 12.5 Å². The number of hydrogen-bond acceptors (Lipinski definition) is 5. The summed E-state index contributed by atoms with van der Waals surface area (Å²) in [4.78, 5) is 47.6. The molecule has 9 heteroatoms. The first-order valence-electron chi connectivity index (χ1n) is 8.32. The highest BCUT2D eigenvalue weighted by molar-refractivity contribution is 5.90. The first-order valence-corrected chi connectivity index (χ1v) is 8.32. The second-order valence-corrected chi connectivity index (χ2v) is 6.33. The standard InChI is InChI=1S/C18H24N2O7/c1-11(2)15(16(23)20(3)13(17(24)25)9-14(21)22)19-18(26)27-10-12-7-5-4-6-8-12/h4-8,11,13,15H,9-10H2,1-3H3,(H,19,26)(H,21,22)(H,24,25)/t13-,15-/m0/s1. The van der Waals surface area contributed by atoms with Crippen LogP contribution in [0.25, 0.3) is 0 Å². The van der Waals surface area contributed by atoms with Gasteiger partial charge in [-0.25, -0.2) is 9.59 Å². The van der Waals surface area contributed by atoms with Gasteiger partial charge >= 0.3 is 18.0 Å². The summed E-state index contributed by atoms with van der Waals surface area (Å²) in [5.74, 6) is -3.88. The van der Waals surface area contributed by atoms with E-state index in [1.807, 2.05) is 6.07 Å². The van der Waals surface area contributed by atoms with Gasteiger partial charge < -0.3 is 25.2 Å². The number of carboxylic acids is 2. The number of carbonyl (C=O) groups is 4. The van der Waals surface area contributed by atoms with Crippen LogP contribution in [0, 0.1) is 5.92 Å². The molecule has 0 heterocycles. The summed E-state index contributed by atoms with van der Waals surface area (Å²) in [5, 5.41) is 20.5. The molecule has 1 aromatic rings. The van der Waals surface area contributed by atoms with Crippen molar-refractivity contribution in [3.63, 3.8) is 0 Å². The van der Waals surface area contributed by atoms with Crippen LogP contribution in [0.15, 0.2) is 30.3 Å². The Kier molecular flexibility index (Phi) is 8.25. The smallest absolute Gasteiger partial charge is 0.408 e. The number of likely N-dealkylation sites (N-methyl/N-ethyl adjacent to an activating group) is 1. The van der Waals surface area contributed by atoms with E-state index >= 15 is 0 Å². The van der Waals surface area contributed by atoms with Gasteiger partial charge in [-0.05, 0) is 11.5 Å². The molecule has 0 aliphatic carbocycles. The fourth-order valence-electron chi connectivity index (χ4n) is 2.33. The topological polar surface area (TPSA) is 133 Å². The molecule has 0 radical (unpaired) electrons. The fourth-order valence-corrected chi connectivity index (χ4v) is 2.33. The van der Waals surface area contributed by atoms with Crippen molar-refractivity contribution in [3.05, 3.63) is 35.9 Å². The molecule has 0 aromatic heterocycles. The largest absolute Gasteiger partial charge is 0.481 e. The monoisotopic (exact) mass is 380 g/mol. The van der Waals surface area contributed by atoms with Gasteiger partial charge in [-0.3, -0.25) is 9.59 Å².